The lowest BCUT2D eigenvalue weighted by molar-refractivity contribution is -0.126. The molecule has 5 heteroatoms. The van der Waals surface area contributed by atoms with Gasteiger partial charge in [-0.15, -0.1) is 0 Å². The van der Waals surface area contributed by atoms with Crippen LogP contribution in [0.3, 0.4) is 0 Å². The van der Waals surface area contributed by atoms with E-state index in [-0.39, 0.29) is 24.0 Å². The van der Waals surface area contributed by atoms with E-state index in [0.29, 0.717) is 17.0 Å². The van der Waals surface area contributed by atoms with Gasteiger partial charge in [0.15, 0.2) is 0 Å². The molecule has 5 nitrogen and oxygen atoms in total. The van der Waals surface area contributed by atoms with E-state index in [1.165, 1.54) is 0 Å². The molecule has 1 aliphatic rings. The first-order chi connectivity index (χ1) is 10.5. The molecule has 0 bridgehead atoms. The van der Waals surface area contributed by atoms with Gasteiger partial charge in [0.25, 0.3) is 0 Å². The molecule has 1 aliphatic carbocycles. The first-order valence-electron chi connectivity index (χ1n) is 7.77. The molecule has 0 unspecified atom stereocenters. The smallest absolute Gasteiger partial charge is 0.223 e. The van der Waals surface area contributed by atoms with Gasteiger partial charge in [-0.1, -0.05) is 6.07 Å². The second-order valence-corrected chi connectivity index (χ2v) is 6.09. The first-order valence-corrected chi connectivity index (χ1v) is 7.77. The summed E-state index contributed by atoms with van der Waals surface area (Å²) < 4.78 is 5.93. The number of amides is 1. The minimum absolute atomic E-state index is 0.0389. The molecule has 0 atom stereocenters. The van der Waals surface area contributed by atoms with Crippen molar-refractivity contribution in [2.45, 2.75) is 51.7 Å². The molecular formula is C17H23N3O2. The van der Waals surface area contributed by atoms with Crippen molar-refractivity contribution >= 4 is 11.6 Å². The Labute approximate surface area is 131 Å². The fourth-order valence-electron chi connectivity index (χ4n) is 2.79. The summed E-state index contributed by atoms with van der Waals surface area (Å²) in [6, 6.07) is 7.51. The van der Waals surface area contributed by atoms with Crippen LogP contribution in [-0.4, -0.2) is 18.1 Å². The number of nitriles is 1. The number of rotatable bonds is 4. The number of nitrogens with one attached hydrogen (secondary N) is 1. The number of nitrogens with two attached hydrogens (primary N) is 1. The molecule has 0 aliphatic heterocycles. The normalized spacial score (nSPS) is 21.2. The van der Waals surface area contributed by atoms with Crippen LogP contribution in [0.5, 0.6) is 5.75 Å². The van der Waals surface area contributed by atoms with E-state index in [0.717, 1.165) is 25.7 Å². The number of nitrogen functional groups attached to an aromatic ring is 1. The van der Waals surface area contributed by atoms with Crippen LogP contribution in [0.15, 0.2) is 18.2 Å². The van der Waals surface area contributed by atoms with Crippen LogP contribution in [0.25, 0.3) is 0 Å². The highest BCUT2D eigenvalue weighted by Gasteiger charge is 2.28. The van der Waals surface area contributed by atoms with E-state index in [9.17, 15) is 4.79 Å². The SMILES string of the molecule is CC(C)NC(=O)C1CCC(Oc2cccc(N)c2C#N)CC1. The van der Waals surface area contributed by atoms with Crippen molar-refractivity contribution in [2.24, 2.45) is 5.92 Å². The molecule has 0 spiro atoms. The minimum Gasteiger partial charge on any atom is -0.489 e. The third-order valence-electron chi connectivity index (χ3n) is 3.94. The Morgan fingerprint density at radius 2 is 2.05 bits per heavy atom. The van der Waals surface area contributed by atoms with Gasteiger partial charge in [0.05, 0.1) is 11.8 Å². The Balaban J connectivity index is 1.92. The molecule has 22 heavy (non-hydrogen) atoms. The predicted octanol–water partition coefficient (Wildman–Crippen LogP) is 2.60. The third kappa shape index (κ3) is 3.91. The second-order valence-electron chi connectivity index (χ2n) is 6.09. The lowest BCUT2D eigenvalue weighted by atomic mass is 9.86. The molecule has 1 aromatic rings. The molecule has 0 saturated heterocycles. The van der Waals surface area contributed by atoms with Gasteiger partial charge in [0, 0.05) is 12.0 Å². The summed E-state index contributed by atoms with van der Waals surface area (Å²) in [6.07, 6.45) is 3.30. The van der Waals surface area contributed by atoms with E-state index in [1.54, 1.807) is 18.2 Å². The van der Waals surface area contributed by atoms with Gasteiger partial charge in [-0.2, -0.15) is 5.26 Å². The standard InChI is InChI=1S/C17H23N3O2/c1-11(2)20-17(21)12-6-8-13(9-7-12)22-16-5-3-4-15(19)14(16)10-18/h3-5,11-13H,6-9,19H2,1-2H3,(H,20,21). The van der Waals surface area contributed by atoms with Gasteiger partial charge in [-0.3, -0.25) is 4.79 Å². The molecule has 0 heterocycles. The molecule has 1 saturated carbocycles. The highest BCUT2D eigenvalue weighted by Crippen LogP contribution is 2.30. The zero-order valence-corrected chi connectivity index (χ0v) is 13.1. The summed E-state index contributed by atoms with van der Waals surface area (Å²) in [4.78, 5) is 12.0. The van der Waals surface area contributed by atoms with Crippen LogP contribution in [0, 0.1) is 17.2 Å². The Hall–Kier alpha value is -2.22. The minimum atomic E-state index is 0.0389. The second kappa shape index (κ2) is 7.17. The van der Waals surface area contributed by atoms with Gasteiger partial charge in [0.1, 0.15) is 17.4 Å². The highest BCUT2D eigenvalue weighted by atomic mass is 16.5. The average Bonchev–Trinajstić information content (AvgIpc) is 2.47. The average molecular weight is 301 g/mol. The van der Waals surface area contributed by atoms with Crippen LogP contribution < -0.4 is 15.8 Å². The first kappa shape index (κ1) is 16.2. The molecular weight excluding hydrogens is 278 g/mol. The number of carbonyl (C=O) groups excluding carboxylic acids is 1. The van der Waals surface area contributed by atoms with E-state index >= 15 is 0 Å². The molecule has 1 aromatic carbocycles. The summed E-state index contributed by atoms with van der Waals surface area (Å²) >= 11 is 0. The number of hydrogen-bond donors (Lipinski definition) is 2. The van der Waals surface area contributed by atoms with Crippen molar-refractivity contribution in [3.8, 4) is 11.8 Å². The summed E-state index contributed by atoms with van der Waals surface area (Å²) in [6.45, 7) is 3.94. The molecule has 0 radical (unpaired) electrons. The monoisotopic (exact) mass is 301 g/mol. The Kier molecular flexibility index (Phi) is 5.26. The van der Waals surface area contributed by atoms with Crippen molar-refractivity contribution < 1.29 is 9.53 Å². The molecule has 1 amide bonds. The molecule has 3 N–H and O–H groups in total. The Morgan fingerprint density at radius 3 is 2.64 bits per heavy atom. The number of ether oxygens (including phenoxy) is 1. The van der Waals surface area contributed by atoms with E-state index < -0.39 is 0 Å². The van der Waals surface area contributed by atoms with Crippen molar-refractivity contribution in [3.63, 3.8) is 0 Å². The summed E-state index contributed by atoms with van der Waals surface area (Å²) in [7, 11) is 0. The number of anilines is 1. The van der Waals surface area contributed by atoms with Crippen molar-refractivity contribution in [3.05, 3.63) is 23.8 Å². The summed E-state index contributed by atoms with van der Waals surface area (Å²) in [5.41, 5.74) is 6.62. The van der Waals surface area contributed by atoms with Crippen LogP contribution in [0.1, 0.15) is 45.1 Å². The fourth-order valence-corrected chi connectivity index (χ4v) is 2.79. The molecule has 118 valence electrons. The lowest BCUT2D eigenvalue weighted by Crippen LogP contribution is -2.38. The maximum Gasteiger partial charge on any atom is 0.223 e. The maximum absolute atomic E-state index is 12.0. The van der Waals surface area contributed by atoms with Crippen molar-refractivity contribution in [1.29, 1.82) is 5.26 Å². The molecule has 1 fully saturated rings. The summed E-state index contributed by atoms with van der Waals surface area (Å²) in [5.74, 6) is 0.742. The zero-order chi connectivity index (χ0) is 16.1. The largest absolute Gasteiger partial charge is 0.489 e. The van der Waals surface area contributed by atoms with Crippen LogP contribution in [-0.2, 0) is 4.79 Å². The number of nitrogens with zero attached hydrogens (tertiary/aromatic N) is 1. The van der Waals surface area contributed by atoms with E-state index in [2.05, 4.69) is 11.4 Å². The summed E-state index contributed by atoms with van der Waals surface area (Å²) in [5, 5.41) is 12.1. The van der Waals surface area contributed by atoms with Gasteiger partial charge in [0.2, 0.25) is 5.91 Å². The van der Waals surface area contributed by atoms with Crippen LogP contribution in [0.4, 0.5) is 5.69 Å². The third-order valence-corrected chi connectivity index (χ3v) is 3.94. The van der Waals surface area contributed by atoms with Crippen molar-refractivity contribution in [1.82, 2.24) is 5.32 Å². The highest BCUT2D eigenvalue weighted by molar-refractivity contribution is 5.78. The number of carbonyl (C=O) groups is 1. The van der Waals surface area contributed by atoms with Crippen LogP contribution >= 0.6 is 0 Å². The Bertz CT molecular complexity index is 570. The fraction of sp³-hybridized carbons (Fsp3) is 0.529. The van der Waals surface area contributed by atoms with Gasteiger partial charge in [-0.25, -0.2) is 0 Å². The van der Waals surface area contributed by atoms with E-state index in [1.807, 2.05) is 13.8 Å². The molecule has 2 rings (SSSR count). The van der Waals surface area contributed by atoms with Crippen LogP contribution in [0.2, 0.25) is 0 Å². The van der Waals surface area contributed by atoms with Gasteiger partial charge in [-0.05, 0) is 51.7 Å². The quantitative estimate of drug-likeness (QED) is 0.837. The topological polar surface area (TPSA) is 88.1 Å². The molecule has 0 aromatic heterocycles. The predicted molar refractivity (Wildman–Crippen MR) is 85.2 cm³/mol. The number of hydrogen-bond acceptors (Lipinski definition) is 4. The maximum atomic E-state index is 12.0. The zero-order valence-electron chi connectivity index (χ0n) is 13.1. The lowest BCUT2D eigenvalue weighted by Gasteiger charge is -2.29. The van der Waals surface area contributed by atoms with Gasteiger partial charge >= 0.3 is 0 Å². The Morgan fingerprint density at radius 1 is 1.36 bits per heavy atom. The van der Waals surface area contributed by atoms with Crippen molar-refractivity contribution in [2.75, 3.05) is 5.73 Å². The van der Waals surface area contributed by atoms with Gasteiger partial charge < -0.3 is 15.8 Å². The van der Waals surface area contributed by atoms with E-state index in [4.69, 9.17) is 15.7 Å². The number of benzene rings is 1.